The Morgan fingerprint density at radius 2 is 2.31 bits per heavy atom. The Hall–Kier alpha value is -1.10. The van der Waals surface area contributed by atoms with Crippen LogP contribution < -0.4 is 5.32 Å². The number of nitrogens with zero attached hydrogens (tertiary/aromatic N) is 1. The number of aromatic nitrogens is 1. The second kappa shape index (κ2) is 3.74. The first-order valence-corrected chi connectivity index (χ1v) is 4.71. The van der Waals surface area contributed by atoms with Crippen molar-refractivity contribution < 1.29 is 9.53 Å². The molecule has 0 unspecified atom stereocenters. The van der Waals surface area contributed by atoms with Gasteiger partial charge in [0.25, 0.3) is 0 Å². The lowest BCUT2D eigenvalue weighted by Crippen LogP contribution is -2.27. The minimum absolute atomic E-state index is 0.472. The van der Waals surface area contributed by atoms with Crippen LogP contribution in [0.3, 0.4) is 0 Å². The highest BCUT2D eigenvalue weighted by molar-refractivity contribution is 7.03. The molecule has 0 aromatic carbocycles. The Kier molecular flexibility index (Phi) is 2.87. The van der Waals surface area contributed by atoms with Crippen LogP contribution in [0, 0.1) is 0 Å². The molecule has 1 amide bonds. The van der Waals surface area contributed by atoms with Crippen LogP contribution in [-0.4, -0.2) is 16.1 Å². The van der Waals surface area contributed by atoms with Gasteiger partial charge in [-0.05, 0) is 38.4 Å². The van der Waals surface area contributed by atoms with E-state index >= 15 is 0 Å². The lowest BCUT2D eigenvalue weighted by Gasteiger charge is -2.18. The molecule has 0 aliphatic carbocycles. The lowest BCUT2D eigenvalue weighted by molar-refractivity contribution is 0.0635. The van der Waals surface area contributed by atoms with Gasteiger partial charge in [-0.15, -0.1) is 0 Å². The Morgan fingerprint density at radius 1 is 1.62 bits per heavy atom. The molecule has 4 nitrogen and oxygen atoms in total. The number of amides is 1. The maximum absolute atomic E-state index is 11.2. The Morgan fingerprint density at radius 3 is 2.77 bits per heavy atom. The van der Waals surface area contributed by atoms with Crippen molar-refractivity contribution in [3.63, 3.8) is 0 Å². The third-order valence-electron chi connectivity index (χ3n) is 1.07. The monoisotopic (exact) mass is 200 g/mol. The van der Waals surface area contributed by atoms with Crippen molar-refractivity contribution in [2.75, 3.05) is 5.32 Å². The molecule has 0 atom stereocenters. The van der Waals surface area contributed by atoms with Crippen molar-refractivity contribution in [3.8, 4) is 0 Å². The third kappa shape index (κ3) is 3.89. The fourth-order valence-electron chi connectivity index (χ4n) is 0.685. The normalized spacial score (nSPS) is 11.0. The SMILES string of the molecule is CC(C)(C)OC(=O)Nc1ccsn1. The molecule has 0 saturated heterocycles. The van der Waals surface area contributed by atoms with Gasteiger partial charge >= 0.3 is 6.09 Å². The molecule has 0 aliphatic rings. The Bertz CT molecular complexity index is 277. The highest BCUT2D eigenvalue weighted by atomic mass is 32.1. The van der Waals surface area contributed by atoms with Gasteiger partial charge in [-0.2, -0.15) is 4.37 Å². The van der Waals surface area contributed by atoms with Crippen molar-refractivity contribution in [1.29, 1.82) is 0 Å². The fourth-order valence-corrected chi connectivity index (χ4v) is 1.16. The number of hydrogen-bond donors (Lipinski definition) is 1. The summed E-state index contributed by atoms with van der Waals surface area (Å²) in [7, 11) is 0. The van der Waals surface area contributed by atoms with Crippen molar-refractivity contribution >= 4 is 23.4 Å². The minimum Gasteiger partial charge on any atom is -0.444 e. The number of carbonyl (C=O) groups is 1. The smallest absolute Gasteiger partial charge is 0.413 e. The van der Waals surface area contributed by atoms with Crippen molar-refractivity contribution in [2.24, 2.45) is 0 Å². The van der Waals surface area contributed by atoms with Gasteiger partial charge in [-0.25, -0.2) is 4.79 Å². The summed E-state index contributed by atoms with van der Waals surface area (Å²) in [6, 6.07) is 1.72. The molecule has 1 aromatic rings. The molecule has 0 saturated carbocycles. The van der Waals surface area contributed by atoms with Gasteiger partial charge in [0.05, 0.1) is 0 Å². The second-order valence-corrected chi connectivity index (χ2v) is 4.18. The van der Waals surface area contributed by atoms with E-state index in [9.17, 15) is 4.79 Å². The first-order valence-electron chi connectivity index (χ1n) is 3.88. The predicted octanol–water partition coefficient (Wildman–Crippen LogP) is 2.49. The van der Waals surface area contributed by atoms with Gasteiger partial charge in [0.1, 0.15) is 11.4 Å². The Labute approximate surface area is 81.1 Å². The summed E-state index contributed by atoms with van der Waals surface area (Å²) in [4.78, 5) is 11.2. The van der Waals surface area contributed by atoms with Crippen molar-refractivity contribution in [1.82, 2.24) is 4.37 Å². The molecule has 1 aromatic heterocycles. The molecule has 0 fully saturated rings. The van der Waals surface area contributed by atoms with Crippen LogP contribution in [0.4, 0.5) is 10.6 Å². The summed E-state index contributed by atoms with van der Waals surface area (Å²) in [6.45, 7) is 5.44. The number of carbonyl (C=O) groups excluding carboxylic acids is 1. The van der Waals surface area contributed by atoms with Crippen LogP contribution in [0.15, 0.2) is 11.4 Å². The zero-order valence-corrected chi connectivity index (χ0v) is 8.64. The standard InChI is InChI=1S/C8H12N2O2S/c1-8(2,3)12-7(11)9-6-4-5-13-10-6/h4-5H,1-3H3,(H,9,10,11). The summed E-state index contributed by atoms with van der Waals surface area (Å²) in [5.41, 5.74) is -0.472. The van der Waals surface area contributed by atoms with E-state index in [1.807, 2.05) is 20.8 Å². The minimum atomic E-state index is -0.474. The summed E-state index contributed by atoms with van der Waals surface area (Å²) in [6.07, 6.45) is -0.474. The van der Waals surface area contributed by atoms with E-state index in [0.29, 0.717) is 5.82 Å². The number of ether oxygens (including phenoxy) is 1. The van der Waals surface area contributed by atoms with Crippen LogP contribution in [-0.2, 0) is 4.74 Å². The molecule has 0 aliphatic heterocycles. The van der Waals surface area contributed by atoms with E-state index in [1.54, 1.807) is 11.4 Å². The highest BCUT2D eigenvalue weighted by Gasteiger charge is 2.16. The molecule has 0 spiro atoms. The third-order valence-corrected chi connectivity index (χ3v) is 1.63. The summed E-state index contributed by atoms with van der Waals surface area (Å²) in [5.74, 6) is 0.527. The average Bonchev–Trinajstić information content (AvgIpc) is 2.34. The largest absolute Gasteiger partial charge is 0.444 e. The lowest BCUT2D eigenvalue weighted by atomic mass is 10.2. The molecule has 1 heterocycles. The van der Waals surface area contributed by atoms with Gasteiger partial charge in [0.2, 0.25) is 0 Å². The van der Waals surface area contributed by atoms with Gasteiger partial charge in [0.15, 0.2) is 0 Å². The molecular formula is C8H12N2O2S. The second-order valence-electron chi connectivity index (χ2n) is 3.51. The van der Waals surface area contributed by atoms with Gasteiger partial charge < -0.3 is 4.74 Å². The molecular weight excluding hydrogens is 188 g/mol. The fraction of sp³-hybridized carbons (Fsp3) is 0.500. The first-order chi connectivity index (χ1) is 5.97. The summed E-state index contributed by atoms with van der Waals surface area (Å²) < 4.78 is 8.94. The van der Waals surface area contributed by atoms with Gasteiger partial charge in [-0.1, -0.05) is 0 Å². The van der Waals surface area contributed by atoms with Gasteiger partial charge in [-0.3, -0.25) is 5.32 Å². The molecule has 1 rings (SSSR count). The van der Waals surface area contributed by atoms with Crippen molar-refractivity contribution in [3.05, 3.63) is 11.4 Å². The molecule has 13 heavy (non-hydrogen) atoms. The van der Waals surface area contributed by atoms with E-state index in [1.165, 1.54) is 11.5 Å². The highest BCUT2D eigenvalue weighted by Crippen LogP contribution is 2.10. The molecule has 0 bridgehead atoms. The van der Waals surface area contributed by atoms with Crippen LogP contribution in [0.25, 0.3) is 0 Å². The number of hydrogen-bond acceptors (Lipinski definition) is 4. The zero-order chi connectivity index (χ0) is 9.90. The van der Waals surface area contributed by atoms with Gasteiger partial charge in [0, 0.05) is 5.38 Å². The number of nitrogens with one attached hydrogen (secondary N) is 1. The topological polar surface area (TPSA) is 51.2 Å². The maximum atomic E-state index is 11.2. The van der Waals surface area contributed by atoms with E-state index in [4.69, 9.17) is 4.74 Å². The van der Waals surface area contributed by atoms with Crippen LogP contribution in [0.5, 0.6) is 0 Å². The Balaban J connectivity index is 2.43. The van der Waals surface area contributed by atoms with E-state index in [2.05, 4.69) is 9.69 Å². The quantitative estimate of drug-likeness (QED) is 0.757. The van der Waals surface area contributed by atoms with Crippen LogP contribution in [0.2, 0.25) is 0 Å². The summed E-state index contributed by atoms with van der Waals surface area (Å²) >= 11 is 1.28. The van der Waals surface area contributed by atoms with Crippen LogP contribution >= 0.6 is 11.5 Å². The van der Waals surface area contributed by atoms with Crippen LogP contribution in [0.1, 0.15) is 20.8 Å². The molecule has 5 heteroatoms. The molecule has 1 N–H and O–H groups in total. The van der Waals surface area contributed by atoms with E-state index in [-0.39, 0.29) is 0 Å². The number of anilines is 1. The van der Waals surface area contributed by atoms with E-state index in [0.717, 1.165) is 0 Å². The molecule has 72 valence electrons. The molecule has 0 radical (unpaired) electrons. The zero-order valence-electron chi connectivity index (χ0n) is 7.83. The van der Waals surface area contributed by atoms with Crippen molar-refractivity contribution in [2.45, 2.75) is 26.4 Å². The predicted molar refractivity (Wildman–Crippen MR) is 52.0 cm³/mol. The first kappa shape index (κ1) is 9.98. The average molecular weight is 200 g/mol. The number of rotatable bonds is 1. The van der Waals surface area contributed by atoms with E-state index < -0.39 is 11.7 Å². The summed E-state index contributed by atoms with van der Waals surface area (Å²) in [5, 5.41) is 4.30. The maximum Gasteiger partial charge on any atom is 0.413 e.